The van der Waals surface area contributed by atoms with Gasteiger partial charge in [-0.15, -0.1) is 11.3 Å². The lowest BCUT2D eigenvalue weighted by Gasteiger charge is -2.34. The van der Waals surface area contributed by atoms with Crippen LogP contribution >= 0.6 is 11.3 Å². The highest BCUT2D eigenvalue weighted by molar-refractivity contribution is 7.12. The number of carbonyl (C=O) groups is 2. The monoisotopic (exact) mass is 287 g/mol. The molecule has 0 spiro atoms. The molecule has 20 heavy (non-hydrogen) atoms. The van der Waals surface area contributed by atoms with E-state index in [1.807, 2.05) is 23.6 Å². The molecule has 1 aromatic carbocycles. The lowest BCUT2D eigenvalue weighted by Crippen LogP contribution is -2.43. The SMILES string of the molecule is O=C(O)C1c2ccccc2CCN1C(=O)c1cccs1. The van der Waals surface area contributed by atoms with Crippen LogP contribution in [0.15, 0.2) is 41.8 Å². The first-order valence-electron chi connectivity index (χ1n) is 6.33. The number of carboxylic acid groups (broad SMARTS) is 1. The summed E-state index contributed by atoms with van der Waals surface area (Å²) in [7, 11) is 0. The van der Waals surface area contributed by atoms with E-state index in [2.05, 4.69) is 0 Å². The van der Waals surface area contributed by atoms with Gasteiger partial charge in [-0.3, -0.25) is 4.79 Å². The number of hydrogen-bond donors (Lipinski definition) is 1. The van der Waals surface area contributed by atoms with Crippen LogP contribution in [0, 0.1) is 0 Å². The van der Waals surface area contributed by atoms with Crippen LogP contribution in [0.3, 0.4) is 0 Å². The topological polar surface area (TPSA) is 57.6 Å². The summed E-state index contributed by atoms with van der Waals surface area (Å²) in [4.78, 5) is 26.1. The van der Waals surface area contributed by atoms with Gasteiger partial charge in [0.15, 0.2) is 6.04 Å². The summed E-state index contributed by atoms with van der Waals surface area (Å²) in [5.41, 5.74) is 1.73. The Morgan fingerprint density at radius 1 is 1.20 bits per heavy atom. The van der Waals surface area contributed by atoms with Gasteiger partial charge in [0, 0.05) is 6.54 Å². The number of nitrogens with zero attached hydrogens (tertiary/aromatic N) is 1. The molecule has 0 fully saturated rings. The minimum Gasteiger partial charge on any atom is -0.479 e. The Labute approximate surface area is 120 Å². The van der Waals surface area contributed by atoms with Gasteiger partial charge in [-0.25, -0.2) is 4.79 Å². The third-order valence-electron chi connectivity index (χ3n) is 3.51. The van der Waals surface area contributed by atoms with E-state index in [1.54, 1.807) is 18.2 Å². The molecule has 3 rings (SSSR count). The summed E-state index contributed by atoms with van der Waals surface area (Å²) in [5.74, 6) is -1.19. The van der Waals surface area contributed by atoms with Crippen LogP contribution in [-0.4, -0.2) is 28.4 Å². The van der Waals surface area contributed by atoms with Crippen LogP contribution in [0.4, 0.5) is 0 Å². The van der Waals surface area contributed by atoms with Gasteiger partial charge in [0.1, 0.15) is 0 Å². The predicted molar refractivity (Wildman–Crippen MR) is 75.9 cm³/mol. The number of amides is 1. The van der Waals surface area contributed by atoms with Crippen LogP contribution in [-0.2, 0) is 11.2 Å². The Balaban J connectivity index is 2.01. The number of benzene rings is 1. The second kappa shape index (κ2) is 5.09. The van der Waals surface area contributed by atoms with E-state index in [0.29, 0.717) is 17.8 Å². The van der Waals surface area contributed by atoms with Crippen molar-refractivity contribution in [3.05, 3.63) is 57.8 Å². The zero-order valence-corrected chi connectivity index (χ0v) is 11.5. The quantitative estimate of drug-likeness (QED) is 0.923. The Hall–Kier alpha value is -2.14. The van der Waals surface area contributed by atoms with Gasteiger partial charge in [-0.2, -0.15) is 0 Å². The van der Waals surface area contributed by atoms with E-state index < -0.39 is 12.0 Å². The van der Waals surface area contributed by atoms with E-state index >= 15 is 0 Å². The maximum absolute atomic E-state index is 12.5. The summed E-state index contributed by atoms with van der Waals surface area (Å²) in [5, 5.41) is 11.3. The maximum atomic E-state index is 12.5. The number of aliphatic carboxylic acids is 1. The number of rotatable bonds is 2. The highest BCUT2D eigenvalue weighted by Gasteiger charge is 2.36. The molecule has 1 atom stereocenters. The molecule has 1 amide bonds. The van der Waals surface area contributed by atoms with Gasteiger partial charge in [-0.05, 0) is 29.0 Å². The van der Waals surface area contributed by atoms with E-state index in [1.165, 1.54) is 16.2 Å². The van der Waals surface area contributed by atoms with Crippen LogP contribution in [0.5, 0.6) is 0 Å². The van der Waals surface area contributed by atoms with Gasteiger partial charge in [0.05, 0.1) is 4.88 Å². The molecule has 4 nitrogen and oxygen atoms in total. The molecule has 5 heteroatoms. The summed E-state index contributed by atoms with van der Waals surface area (Å²) >= 11 is 1.34. The van der Waals surface area contributed by atoms with Gasteiger partial charge in [0.2, 0.25) is 0 Å². The van der Waals surface area contributed by atoms with Crippen molar-refractivity contribution < 1.29 is 14.7 Å². The minimum absolute atomic E-state index is 0.207. The summed E-state index contributed by atoms with van der Waals surface area (Å²) in [6, 6.07) is 10.1. The standard InChI is InChI=1S/C15H13NO3S/c17-14(12-6-3-9-20-12)16-8-7-10-4-1-2-5-11(10)13(16)15(18)19/h1-6,9,13H,7-8H2,(H,18,19). The Kier molecular flexibility index (Phi) is 3.28. The Morgan fingerprint density at radius 3 is 2.70 bits per heavy atom. The molecule has 2 aromatic rings. The molecule has 2 heterocycles. The van der Waals surface area contributed by atoms with Crippen molar-refractivity contribution in [2.75, 3.05) is 6.54 Å². The van der Waals surface area contributed by atoms with E-state index in [-0.39, 0.29) is 5.91 Å². The Morgan fingerprint density at radius 2 is 2.00 bits per heavy atom. The van der Waals surface area contributed by atoms with Crippen LogP contribution in [0.2, 0.25) is 0 Å². The largest absolute Gasteiger partial charge is 0.479 e. The van der Waals surface area contributed by atoms with E-state index in [0.717, 1.165) is 11.1 Å². The smallest absolute Gasteiger partial charge is 0.331 e. The van der Waals surface area contributed by atoms with Crippen molar-refractivity contribution >= 4 is 23.2 Å². The lowest BCUT2D eigenvalue weighted by atomic mass is 9.92. The van der Waals surface area contributed by atoms with Crippen molar-refractivity contribution in [1.82, 2.24) is 4.90 Å². The zero-order chi connectivity index (χ0) is 14.1. The van der Waals surface area contributed by atoms with E-state index in [9.17, 15) is 14.7 Å². The minimum atomic E-state index is -0.984. The molecule has 1 aromatic heterocycles. The van der Waals surface area contributed by atoms with Crippen molar-refractivity contribution in [1.29, 1.82) is 0 Å². The number of carbonyl (C=O) groups excluding carboxylic acids is 1. The molecule has 1 aliphatic heterocycles. The van der Waals surface area contributed by atoms with Gasteiger partial charge < -0.3 is 10.0 Å². The fourth-order valence-electron chi connectivity index (χ4n) is 2.59. The summed E-state index contributed by atoms with van der Waals surface area (Å²) in [6.07, 6.45) is 0.692. The average molecular weight is 287 g/mol. The molecule has 0 bridgehead atoms. The van der Waals surface area contributed by atoms with Crippen LogP contribution < -0.4 is 0 Å². The van der Waals surface area contributed by atoms with Gasteiger partial charge in [0.25, 0.3) is 5.91 Å². The molecular weight excluding hydrogens is 274 g/mol. The van der Waals surface area contributed by atoms with Crippen molar-refractivity contribution in [2.45, 2.75) is 12.5 Å². The van der Waals surface area contributed by atoms with Crippen molar-refractivity contribution in [3.8, 4) is 0 Å². The molecule has 0 aliphatic carbocycles. The molecule has 1 N–H and O–H groups in total. The average Bonchev–Trinajstić information content (AvgIpc) is 2.99. The third kappa shape index (κ3) is 2.10. The molecule has 1 aliphatic rings. The fourth-order valence-corrected chi connectivity index (χ4v) is 3.27. The normalized spacial score (nSPS) is 17.6. The second-order valence-corrected chi connectivity index (χ2v) is 5.61. The lowest BCUT2D eigenvalue weighted by molar-refractivity contribution is -0.143. The highest BCUT2D eigenvalue weighted by atomic mass is 32.1. The number of hydrogen-bond acceptors (Lipinski definition) is 3. The van der Waals surface area contributed by atoms with Crippen molar-refractivity contribution in [3.63, 3.8) is 0 Å². The predicted octanol–water partition coefficient (Wildman–Crippen LogP) is 2.57. The molecule has 0 saturated carbocycles. The maximum Gasteiger partial charge on any atom is 0.331 e. The number of thiophene rings is 1. The highest BCUT2D eigenvalue weighted by Crippen LogP contribution is 2.31. The number of carboxylic acids is 1. The first kappa shape index (κ1) is 12.9. The van der Waals surface area contributed by atoms with E-state index in [4.69, 9.17) is 0 Å². The van der Waals surface area contributed by atoms with Crippen LogP contribution in [0.1, 0.15) is 26.8 Å². The molecule has 0 saturated heterocycles. The second-order valence-electron chi connectivity index (χ2n) is 4.67. The first-order chi connectivity index (χ1) is 9.68. The molecular formula is C15H13NO3S. The third-order valence-corrected chi connectivity index (χ3v) is 4.37. The molecule has 102 valence electrons. The first-order valence-corrected chi connectivity index (χ1v) is 7.21. The molecule has 1 unspecified atom stereocenters. The zero-order valence-electron chi connectivity index (χ0n) is 10.7. The van der Waals surface area contributed by atoms with Crippen LogP contribution in [0.25, 0.3) is 0 Å². The fraction of sp³-hybridized carbons (Fsp3) is 0.200. The Bertz CT molecular complexity index is 651. The van der Waals surface area contributed by atoms with Crippen molar-refractivity contribution in [2.24, 2.45) is 0 Å². The van der Waals surface area contributed by atoms with Gasteiger partial charge in [-0.1, -0.05) is 30.3 Å². The number of fused-ring (bicyclic) bond motifs is 1. The van der Waals surface area contributed by atoms with Gasteiger partial charge >= 0.3 is 5.97 Å². The summed E-state index contributed by atoms with van der Waals surface area (Å²) in [6.45, 7) is 0.435. The molecule has 0 radical (unpaired) electrons. The summed E-state index contributed by atoms with van der Waals surface area (Å²) < 4.78 is 0.